The number of sulfonamides is 1. The van der Waals surface area contributed by atoms with E-state index < -0.39 is 10.0 Å². The number of aromatic amines is 1. The van der Waals surface area contributed by atoms with Crippen LogP contribution in [0.3, 0.4) is 0 Å². The average Bonchev–Trinajstić information content (AvgIpc) is 2.76. The molecule has 2 rings (SSSR count). The molecule has 0 spiro atoms. The standard InChI is InChI=1S/C11H9ClN4O2S/c1-7-11(6-14-15-7)19(17,18)16-10-4-9(12)3-2-8(10)5-13/h2-4,6,16H,1H3,(H,14,15). The van der Waals surface area contributed by atoms with E-state index in [-0.39, 0.29) is 16.1 Å². The molecule has 0 radical (unpaired) electrons. The summed E-state index contributed by atoms with van der Waals surface area (Å²) in [6.45, 7) is 1.59. The lowest BCUT2D eigenvalue weighted by Gasteiger charge is -2.09. The van der Waals surface area contributed by atoms with E-state index in [9.17, 15) is 8.42 Å². The van der Waals surface area contributed by atoms with E-state index in [1.165, 1.54) is 24.4 Å². The average molecular weight is 297 g/mol. The number of aromatic nitrogens is 2. The second kappa shape index (κ2) is 4.91. The number of aryl methyl sites for hydroxylation is 1. The molecule has 1 heterocycles. The first-order valence-corrected chi connectivity index (χ1v) is 7.02. The van der Waals surface area contributed by atoms with Gasteiger partial charge in [-0.15, -0.1) is 0 Å². The van der Waals surface area contributed by atoms with Gasteiger partial charge in [0.15, 0.2) is 0 Å². The molecule has 8 heteroatoms. The molecular weight excluding hydrogens is 288 g/mol. The van der Waals surface area contributed by atoms with Crippen molar-refractivity contribution in [3.63, 3.8) is 0 Å². The van der Waals surface area contributed by atoms with Crippen LogP contribution in [0.15, 0.2) is 29.3 Å². The Balaban J connectivity index is 2.45. The maximum absolute atomic E-state index is 12.1. The smallest absolute Gasteiger partial charge is 0.265 e. The summed E-state index contributed by atoms with van der Waals surface area (Å²) in [5.74, 6) is 0. The van der Waals surface area contributed by atoms with Gasteiger partial charge >= 0.3 is 0 Å². The monoisotopic (exact) mass is 296 g/mol. The molecule has 0 amide bonds. The van der Waals surface area contributed by atoms with Gasteiger partial charge in [0.05, 0.1) is 23.1 Å². The second-order valence-corrected chi connectivity index (χ2v) is 5.85. The Hall–Kier alpha value is -2.04. The molecule has 0 saturated carbocycles. The fraction of sp³-hybridized carbons (Fsp3) is 0.0909. The summed E-state index contributed by atoms with van der Waals surface area (Å²) >= 11 is 5.80. The second-order valence-electron chi connectivity index (χ2n) is 3.77. The number of rotatable bonds is 3. The van der Waals surface area contributed by atoms with E-state index >= 15 is 0 Å². The first kappa shape index (κ1) is 13.4. The van der Waals surface area contributed by atoms with Crippen molar-refractivity contribution in [1.82, 2.24) is 10.2 Å². The fourth-order valence-electron chi connectivity index (χ4n) is 1.51. The van der Waals surface area contributed by atoms with Crippen LogP contribution in [0.2, 0.25) is 5.02 Å². The van der Waals surface area contributed by atoms with Gasteiger partial charge in [0.1, 0.15) is 11.0 Å². The number of anilines is 1. The van der Waals surface area contributed by atoms with Crippen LogP contribution in [0.5, 0.6) is 0 Å². The van der Waals surface area contributed by atoms with Crippen LogP contribution >= 0.6 is 11.6 Å². The van der Waals surface area contributed by atoms with Gasteiger partial charge in [0.2, 0.25) is 0 Å². The summed E-state index contributed by atoms with van der Waals surface area (Å²) < 4.78 is 26.6. The first-order valence-electron chi connectivity index (χ1n) is 5.16. The molecular formula is C11H9ClN4O2S. The Morgan fingerprint density at radius 3 is 2.79 bits per heavy atom. The maximum atomic E-state index is 12.1. The van der Waals surface area contributed by atoms with Crippen molar-refractivity contribution in [2.75, 3.05) is 4.72 Å². The van der Waals surface area contributed by atoms with Gasteiger partial charge in [-0.05, 0) is 25.1 Å². The Morgan fingerprint density at radius 1 is 1.47 bits per heavy atom. The molecule has 1 aromatic heterocycles. The minimum Gasteiger partial charge on any atom is -0.281 e. The van der Waals surface area contributed by atoms with Crippen molar-refractivity contribution in [1.29, 1.82) is 5.26 Å². The molecule has 6 nitrogen and oxygen atoms in total. The highest BCUT2D eigenvalue weighted by Crippen LogP contribution is 2.24. The van der Waals surface area contributed by atoms with Crippen molar-refractivity contribution < 1.29 is 8.42 Å². The van der Waals surface area contributed by atoms with Crippen molar-refractivity contribution in [2.24, 2.45) is 0 Å². The lowest BCUT2D eigenvalue weighted by Crippen LogP contribution is -2.14. The number of nitrogens with zero attached hydrogens (tertiary/aromatic N) is 2. The predicted octanol–water partition coefficient (Wildman–Crippen LogP) is 2.04. The van der Waals surface area contributed by atoms with Crippen LogP contribution in [-0.2, 0) is 10.0 Å². The normalized spacial score (nSPS) is 11.0. The van der Waals surface area contributed by atoms with Gasteiger partial charge < -0.3 is 0 Å². The van der Waals surface area contributed by atoms with Crippen molar-refractivity contribution in [2.45, 2.75) is 11.8 Å². The molecule has 98 valence electrons. The van der Waals surface area contributed by atoms with Crippen LogP contribution < -0.4 is 4.72 Å². The highest BCUT2D eigenvalue weighted by molar-refractivity contribution is 7.92. The first-order chi connectivity index (χ1) is 8.94. The summed E-state index contributed by atoms with van der Waals surface area (Å²) in [7, 11) is -3.80. The van der Waals surface area contributed by atoms with Crippen LogP contribution in [0.25, 0.3) is 0 Å². The number of H-pyrrole nitrogens is 1. The number of benzene rings is 1. The third-order valence-corrected chi connectivity index (χ3v) is 4.13. The highest BCUT2D eigenvalue weighted by atomic mass is 35.5. The number of hydrogen-bond donors (Lipinski definition) is 2. The minimum absolute atomic E-state index is 0.0244. The maximum Gasteiger partial charge on any atom is 0.265 e. The predicted molar refractivity (Wildman–Crippen MR) is 70.3 cm³/mol. The summed E-state index contributed by atoms with van der Waals surface area (Å²) in [5.41, 5.74) is 0.734. The summed E-state index contributed by atoms with van der Waals surface area (Å²) in [5, 5.41) is 15.5. The Kier molecular flexibility index (Phi) is 3.46. The molecule has 19 heavy (non-hydrogen) atoms. The molecule has 0 bridgehead atoms. The van der Waals surface area contributed by atoms with Gasteiger partial charge in [0.25, 0.3) is 10.0 Å². The third-order valence-electron chi connectivity index (χ3n) is 2.42. The quantitative estimate of drug-likeness (QED) is 0.905. The van der Waals surface area contributed by atoms with Crippen LogP contribution in [0, 0.1) is 18.3 Å². The van der Waals surface area contributed by atoms with Crippen LogP contribution in [0.1, 0.15) is 11.3 Å². The van der Waals surface area contributed by atoms with Crippen LogP contribution in [0.4, 0.5) is 5.69 Å². The zero-order chi connectivity index (χ0) is 14.0. The Labute approximate surface area is 115 Å². The summed E-state index contributed by atoms with van der Waals surface area (Å²) in [6.07, 6.45) is 1.20. The van der Waals surface area contributed by atoms with Crippen molar-refractivity contribution in [3.05, 3.63) is 40.7 Å². The fourth-order valence-corrected chi connectivity index (χ4v) is 2.89. The molecule has 0 unspecified atom stereocenters. The molecule has 0 aliphatic carbocycles. The van der Waals surface area contributed by atoms with Gasteiger partial charge in [-0.25, -0.2) is 8.42 Å². The van der Waals surface area contributed by atoms with E-state index in [4.69, 9.17) is 16.9 Å². The number of nitriles is 1. The molecule has 1 aromatic carbocycles. The summed E-state index contributed by atoms with van der Waals surface area (Å²) in [4.78, 5) is 0.0244. The summed E-state index contributed by atoms with van der Waals surface area (Å²) in [6, 6.07) is 6.24. The lowest BCUT2D eigenvalue weighted by molar-refractivity contribution is 0.600. The molecule has 2 N–H and O–H groups in total. The number of nitrogens with one attached hydrogen (secondary N) is 2. The van der Waals surface area contributed by atoms with Gasteiger partial charge in [-0.1, -0.05) is 11.6 Å². The minimum atomic E-state index is -3.80. The Morgan fingerprint density at radius 2 is 2.21 bits per heavy atom. The van der Waals surface area contributed by atoms with Gasteiger partial charge in [-0.2, -0.15) is 10.4 Å². The van der Waals surface area contributed by atoms with E-state index in [0.717, 1.165) is 0 Å². The van der Waals surface area contributed by atoms with E-state index in [0.29, 0.717) is 10.7 Å². The van der Waals surface area contributed by atoms with E-state index in [1.54, 1.807) is 6.92 Å². The molecule has 0 aliphatic rings. The van der Waals surface area contributed by atoms with Crippen molar-refractivity contribution >= 4 is 27.3 Å². The Bertz CT molecular complexity index is 761. The zero-order valence-corrected chi connectivity index (χ0v) is 11.4. The molecule has 0 fully saturated rings. The SMILES string of the molecule is Cc1[nH]ncc1S(=O)(=O)Nc1cc(Cl)ccc1C#N. The largest absolute Gasteiger partial charge is 0.281 e. The van der Waals surface area contributed by atoms with Gasteiger partial charge in [-0.3, -0.25) is 9.82 Å². The van der Waals surface area contributed by atoms with Crippen molar-refractivity contribution in [3.8, 4) is 6.07 Å². The topological polar surface area (TPSA) is 98.6 Å². The third kappa shape index (κ3) is 2.70. The van der Waals surface area contributed by atoms with E-state index in [2.05, 4.69) is 14.9 Å². The molecule has 0 aliphatic heterocycles. The molecule has 0 atom stereocenters. The number of hydrogen-bond acceptors (Lipinski definition) is 4. The highest BCUT2D eigenvalue weighted by Gasteiger charge is 2.20. The lowest BCUT2D eigenvalue weighted by atomic mass is 10.2. The number of halogens is 1. The molecule has 2 aromatic rings. The van der Waals surface area contributed by atoms with Gasteiger partial charge in [0, 0.05) is 5.02 Å². The van der Waals surface area contributed by atoms with Crippen LogP contribution in [-0.4, -0.2) is 18.6 Å². The molecule has 0 saturated heterocycles. The van der Waals surface area contributed by atoms with E-state index in [1.807, 2.05) is 6.07 Å². The zero-order valence-electron chi connectivity index (χ0n) is 9.81.